The molecule has 0 aromatic rings. The molecule has 0 aliphatic rings. The van der Waals surface area contributed by atoms with E-state index in [1.807, 2.05) is 0 Å². The van der Waals surface area contributed by atoms with Crippen molar-refractivity contribution in [2.45, 2.75) is 25.9 Å². The lowest BCUT2D eigenvalue weighted by molar-refractivity contribution is -0.167. The van der Waals surface area contributed by atoms with Gasteiger partial charge in [0.15, 0.2) is 6.10 Å². The second-order valence-corrected chi connectivity index (χ2v) is 2.92. The summed E-state index contributed by atoms with van der Waals surface area (Å²) < 4.78 is 9.10. The molecule has 0 radical (unpaired) electrons. The molecule has 0 fully saturated rings. The van der Waals surface area contributed by atoms with Gasteiger partial charge >= 0.3 is 17.9 Å². The second-order valence-electron chi connectivity index (χ2n) is 2.92. The van der Waals surface area contributed by atoms with E-state index in [0.29, 0.717) is 0 Å². The summed E-state index contributed by atoms with van der Waals surface area (Å²) in [6.07, 6.45) is -1.75. The molecule has 92 valence electrons. The van der Waals surface area contributed by atoms with Crippen LogP contribution in [-0.2, 0) is 23.9 Å². The van der Waals surface area contributed by atoms with Crippen molar-refractivity contribution in [2.75, 3.05) is 13.2 Å². The maximum Gasteiger partial charge on any atom is 0.347 e. The molecule has 0 spiro atoms. The highest BCUT2D eigenvalue weighted by atomic mass is 16.6. The molecule has 0 rings (SSSR count). The number of carbonyl (C=O) groups excluding carboxylic acids is 2. The second kappa shape index (κ2) is 7.63. The molecule has 0 heterocycles. The largest absolute Gasteiger partial charge is 0.481 e. The van der Waals surface area contributed by atoms with Gasteiger partial charge < -0.3 is 19.7 Å². The fraction of sp³-hybridized carbons (Fsp3) is 0.667. The van der Waals surface area contributed by atoms with Crippen LogP contribution >= 0.6 is 0 Å². The van der Waals surface area contributed by atoms with E-state index in [2.05, 4.69) is 9.47 Å². The van der Waals surface area contributed by atoms with Crippen molar-refractivity contribution in [3.8, 4) is 0 Å². The van der Waals surface area contributed by atoms with Crippen molar-refractivity contribution < 1.29 is 34.1 Å². The molecule has 0 amide bonds. The van der Waals surface area contributed by atoms with Gasteiger partial charge in [0.1, 0.15) is 6.61 Å². The summed E-state index contributed by atoms with van der Waals surface area (Å²) >= 11 is 0. The Morgan fingerprint density at radius 2 is 1.88 bits per heavy atom. The Labute approximate surface area is 92.0 Å². The van der Waals surface area contributed by atoms with Crippen molar-refractivity contribution in [3.63, 3.8) is 0 Å². The number of carbonyl (C=O) groups is 3. The molecule has 1 atom stereocenters. The molecule has 0 aliphatic carbocycles. The van der Waals surface area contributed by atoms with Crippen LogP contribution in [0.2, 0.25) is 0 Å². The SMILES string of the molecule is CC(OC(=O)CCC(=O)O)C(=O)OCCO. The summed E-state index contributed by atoms with van der Waals surface area (Å²) in [7, 11) is 0. The van der Waals surface area contributed by atoms with Crippen LogP contribution in [0.3, 0.4) is 0 Å². The van der Waals surface area contributed by atoms with Crippen molar-refractivity contribution in [1.82, 2.24) is 0 Å². The van der Waals surface area contributed by atoms with Gasteiger partial charge in [0.2, 0.25) is 0 Å². The van der Waals surface area contributed by atoms with Gasteiger partial charge in [-0.25, -0.2) is 4.79 Å². The average Bonchev–Trinajstić information content (AvgIpc) is 2.22. The smallest absolute Gasteiger partial charge is 0.347 e. The van der Waals surface area contributed by atoms with Gasteiger partial charge in [0.05, 0.1) is 19.4 Å². The lowest BCUT2D eigenvalue weighted by Gasteiger charge is -2.11. The molecule has 16 heavy (non-hydrogen) atoms. The van der Waals surface area contributed by atoms with Crippen LogP contribution in [0, 0.1) is 0 Å². The van der Waals surface area contributed by atoms with Gasteiger partial charge in [0.25, 0.3) is 0 Å². The Hall–Kier alpha value is -1.63. The van der Waals surface area contributed by atoms with Crippen LogP contribution in [0.1, 0.15) is 19.8 Å². The third-order valence-corrected chi connectivity index (χ3v) is 1.52. The Morgan fingerprint density at radius 1 is 1.25 bits per heavy atom. The van der Waals surface area contributed by atoms with Gasteiger partial charge in [0, 0.05) is 0 Å². The third-order valence-electron chi connectivity index (χ3n) is 1.52. The normalized spacial score (nSPS) is 11.6. The zero-order chi connectivity index (χ0) is 12.6. The van der Waals surface area contributed by atoms with E-state index in [9.17, 15) is 14.4 Å². The first kappa shape index (κ1) is 14.4. The number of hydrogen-bond acceptors (Lipinski definition) is 6. The Bertz CT molecular complexity index is 261. The van der Waals surface area contributed by atoms with Crippen molar-refractivity contribution in [2.24, 2.45) is 0 Å². The molecule has 2 N–H and O–H groups in total. The fourth-order valence-electron chi connectivity index (χ4n) is 0.777. The standard InChI is InChI=1S/C9H14O7/c1-6(9(14)15-5-4-10)16-8(13)3-2-7(11)12/h6,10H,2-5H2,1H3,(H,11,12). The number of rotatable bonds is 7. The van der Waals surface area contributed by atoms with Crippen LogP contribution in [0.25, 0.3) is 0 Å². The molecule has 0 bridgehead atoms. The van der Waals surface area contributed by atoms with E-state index in [4.69, 9.17) is 10.2 Å². The highest BCUT2D eigenvalue weighted by Crippen LogP contribution is 2.00. The minimum absolute atomic E-state index is 0.171. The molecule has 0 saturated heterocycles. The van der Waals surface area contributed by atoms with E-state index in [1.165, 1.54) is 6.92 Å². The van der Waals surface area contributed by atoms with Crippen LogP contribution in [0.5, 0.6) is 0 Å². The summed E-state index contributed by atoms with van der Waals surface area (Å²) in [4.78, 5) is 32.2. The minimum atomic E-state index is -1.12. The van der Waals surface area contributed by atoms with E-state index in [1.54, 1.807) is 0 Å². The molecule has 0 saturated carbocycles. The fourth-order valence-corrected chi connectivity index (χ4v) is 0.777. The summed E-state index contributed by atoms with van der Waals surface area (Å²) in [6, 6.07) is 0. The molecule has 1 unspecified atom stereocenters. The third kappa shape index (κ3) is 6.77. The monoisotopic (exact) mass is 234 g/mol. The first-order valence-corrected chi connectivity index (χ1v) is 4.66. The maximum atomic E-state index is 11.0. The first-order chi connectivity index (χ1) is 7.47. The molecule has 7 heteroatoms. The summed E-state index contributed by atoms with van der Waals surface area (Å²) in [5, 5.41) is 16.7. The number of carboxylic acids is 1. The first-order valence-electron chi connectivity index (χ1n) is 4.66. The zero-order valence-corrected chi connectivity index (χ0v) is 8.84. The lowest BCUT2D eigenvalue weighted by Crippen LogP contribution is -2.27. The molecule has 7 nitrogen and oxygen atoms in total. The zero-order valence-electron chi connectivity index (χ0n) is 8.84. The summed E-state index contributed by atoms with van der Waals surface area (Å²) in [6.45, 7) is 0.819. The highest BCUT2D eigenvalue weighted by Gasteiger charge is 2.19. The van der Waals surface area contributed by atoms with Gasteiger partial charge in [-0.05, 0) is 6.92 Å². The molecular formula is C9H14O7. The van der Waals surface area contributed by atoms with Gasteiger partial charge in [-0.15, -0.1) is 0 Å². The van der Waals surface area contributed by atoms with E-state index >= 15 is 0 Å². The van der Waals surface area contributed by atoms with Crippen LogP contribution in [0.15, 0.2) is 0 Å². The number of esters is 2. The number of hydrogen-bond donors (Lipinski definition) is 2. The van der Waals surface area contributed by atoms with Crippen LogP contribution in [0.4, 0.5) is 0 Å². The molecule has 0 aromatic carbocycles. The minimum Gasteiger partial charge on any atom is -0.481 e. The number of aliphatic hydroxyl groups excluding tert-OH is 1. The predicted octanol–water partition coefficient (Wildman–Crippen LogP) is -0.682. The van der Waals surface area contributed by atoms with Crippen molar-refractivity contribution in [1.29, 1.82) is 0 Å². The van der Waals surface area contributed by atoms with E-state index < -0.39 is 24.0 Å². The van der Waals surface area contributed by atoms with Gasteiger partial charge in [-0.1, -0.05) is 0 Å². The van der Waals surface area contributed by atoms with E-state index in [-0.39, 0.29) is 26.1 Å². The Balaban J connectivity index is 3.84. The lowest BCUT2D eigenvalue weighted by atomic mass is 10.3. The quantitative estimate of drug-likeness (QED) is 0.561. The van der Waals surface area contributed by atoms with Crippen molar-refractivity contribution >= 4 is 17.9 Å². The maximum absolute atomic E-state index is 11.0. The molecule has 0 aromatic heterocycles. The van der Waals surface area contributed by atoms with Gasteiger partial charge in [-0.3, -0.25) is 9.59 Å². The number of aliphatic carboxylic acids is 1. The van der Waals surface area contributed by atoms with Crippen LogP contribution < -0.4 is 0 Å². The Morgan fingerprint density at radius 3 is 2.38 bits per heavy atom. The van der Waals surface area contributed by atoms with Crippen molar-refractivity contribution in [3.05, 3.63) is 0 Å². The molecular weight excluding hydrogens is 220 g/mol. The topological polar surface area (TPSA) is 110 Å². The average molecular weight is 234 g/mol. The van der Waals surface area contributed by atoms with Crippen LogP contribution in [-0.4, -0.2) is 47.4 Å². The van der Waals surface area contributed by atoms with E-state index in [0.717, 1.165) is 0 Å². The molecule has 0 aliphatic heterocycles. The highest BCUT2D eigenvalue weighted by molar-refractivity contribution is 5.81. The Kier molecular flexibility index (Phi) is 6.86. The van der Waals surface area contributed by atoms with Gasteiger partial charge in [-0.2, -0.15) is 0 Å². The predicted molar refractivity (Wildman–Crippen MR) is 50.5 cm³/mol. The summed E-state index contributed by atoms with van der Waals surface area (Å²) in [5.74, 6) is -2.68. The number of ether oxygens (including phenoxy) is 2. The number of aliphatic hydroxyl groups is 1. The number of carboxylic acid groups (broad SMARTS) is 1. The summed E-state index contributed by atoms with van der Waals surface area (Å²) in [5.41, 5.74) is 0.